The SMILES string of the molecule is CC(NC1CCSc2ccc(F)cc21)C(C)(C)O. The van der Waals surface area contributed by atoms with Gasteiger partial charge in [0.2, 0.25) is 0 Å². The van der Waals surface area contributed by atoms with Crippen molar-refractivity contribution in [1.29, 1.82) is 0 Å². The Morgan fingerprint density at radius 2 is 2.22 bits per heavy atom. The summed E-state index contributed by atoms with van der Waals surface area (Å²) >= 11 is 1.77. The van der Waals surface area contributed by atoms with Crippen molar-refractivity contribution in [2.45, 2.75) is 49.8 Å². The van der Waals surface area contributed by atoms with Gasteiger partial charge in [0.05, 0.1) is 5.60 Å². The minimum Gasteiger partial charge on any atom is -0.389 e. The molecule has 0 spiro atoms. The topological polar surface area (TPSA) is 32.3 Å². The largest absolute Gasteiger partial charge is 0.389 e. The van der Waals surface area contributed by atoms with Crippen LogP contribution in [0.3, 0.4) is 0 Å². The molecule has 1 heterocycles. The van der Waals surface area contributed by atoms with Crippen molar-refractivity contribution in [3.8, 4) is 0 Å². The van der Waals surface area contributed by atoms with Gasteiger partial charge in [-0.05, 0) is 56.7 Å². The van der Waals surface area contributed by atoms with E-state index in [1.807, 2.05) is 13.0 Å². The Balaban J connectivity index is 2.20. The summed E-state index contributed by atoms with van der Waals surface area (Å²) in [7, 11) is 0. The van der Waals surface area contributed by atoms with Gasteiger partial charge in [0.1, 0.15) is 5.82 Å². The monoisotopic (exact) mass is 269 g/mol. The Labute approximate surface area is 112 Å². The molecule has 2 unspecified atom stereocenters. The smallest absolute Gasteiger partial charge is 0.123 e. The van der Waals surface area contributed by atoms with Crippen molar-refractivity contribution in [2.75, 3.05) is 5.75 Å². The second-order valence-electron chi connectivity index (χ2n) is 5.41. The Morgan fingerprint density at radius 1 is 1.50 bits per heavy atom. The number of thioether (sulfide) groups is 1. The van der Waals surface area contributed by atoms with Crippen LogP contribution in [-0.4, -0.2) is 22.5 Å². The van der Waals surface area contributed by atoms with Gasteiger partial charge in [0.25, 0.3) is 0 Å². The van der Waals surface area contributed by atoms with Gasteiger partial charge in [-0.25, -0.2) is 4.39 Å². The van der Waals surface area contributed by atoms with Crippen LogP contribution in [-0.2, 0) is 0 Å². The average molecular weight is 269 g/mol. The molecule has 0 amide bonds. The molecule has 0 radical (unpaired) electrons. The van der Waals surface area contributed by atoms with E-state index in [9.17, 15) is 9.50 Å². The number of halogens is 1. The fourth-order valence-corrected chi connectivity index (χ4v) is 3.15. The van der Waals surface area contributed by atoms with Gasteiger partial charge < -0.3 is 10.4 Å². The van der Waals surface area contributed by atoms with Crippen molar-refractivity contribution in [3.63, 3.8) is 0 Å². The van der Waals surface area contributed by atoms with Gasteiger partial charge in [0, 0.05) is 17.0 Å². The number of aliphatic hydroxyl groups is 1. The van der Waals surface area contributed by atoms with Crippen LogP contribution in [0.2, 0.25) is 0 Å². The van der Waals surface area contributed by atoms with Crippen LogP contribution >= 0.6 is 11.8 Å². The maximum Gasteiger partial charge on any atom is 0.123 e. The molecule has 1 aliphatic rings. The predicted molar refractivity (Wildman–Crippen MR) is 73.4 cm³/mol. The highest BCUT2D eigenvalue weighted by atomic mass is 32.2. The normalized spacial score (nSPS) is 21.5. The molecule has 0 saturated heterocycles. The van der Waals surface area contributed by atoms with Crippen LogP contribution in [0, 0.1) is 5.82 Å². The number of nitrogens with one attached hydrogen (secondary N) is 1. The summed E-state index contributed by atoms with van der Waals surface area (Å²) in [6, 6.07) is 5.04. The first-order chi connectivity index (χ1) is 8.38. The first-order valence-electron chi connectivity index (χ1n) is 6.28. The molecule has 18 heavy (non-hydrogen) atoms. The third-order valence-electron chi connectivity index (χ3n) is 3.52. The van der Waals surface area contributed by atoms with E-state index in [2.05, 4.69) is 5.32 Å². The standard InChI is InChI=1S/C14H20FNOS/c1-9(14(2,3)17)16-12-6-7-18-13-5-4-10(15)8-11(12)13/h4-5,8-9,12,16-17H,6-7H2,1-3H3. The summed E-state index contributed by atoms with van der Waals surface area (Å²) in [5.74, 6) is 0.827. The van der Waals surface area contributed by atoms with Gasteiger partial charge in [-0.15, -0.1) is 11.8 Å². The maximum absolute atomic E-state index is 13.4. The van der Waals surface area contributed by atoms with Crippen molar-refractivity contribution in [3.05, 3.63) is 29.6 Å². The molecule has 0 aliphatic carbocycles. The zero-order chi connectivity index (χ0) is 13.3. The third-order valence-corrected chi connectivity index (χ3v) is 4.64. The number of rotatable bonds is 3. The molecule has 1 aromatic rings. The zero-order valence-corrected chi connectivity index (χ0v) is 11.9. The van der Waals surface area contributed by atoms with Gasteiger partial charge >= 0.3 is 0 Å². The highest BCUT2D eigenvalue weighted by molar-refractivity contribution is 7.99. The molecule has 1 aromatic carbocycles. The van der Waals surface area contributed by atoms with E-state index < -0.39 is 5.60 Å². The molecule has 2 rings (SSSR count). The zero-order valence-electron chi connectivity index (χ0n) is 11.0. The molecule has 1 aliphatic heterocycles. The van der Waals surface area contributed by atoms with E-state index >= 15 is 0 Å². The fraction of sp³-hybridized carbons (Fsp3) is 0.571. The minimum absolute atomic E-state index is 0.0401. The second kappa shape index (κ2) is 5.19. The van der Waals surface area contributed by atoms with Gasteiger partial charge in [-0.1, -0.05) is 0 Å². The van der Waals surface area contributed by atoms with Crippen LogP contribution in [0.1, 0.15) is 38.8 Å². The number of hydrogen-bond donors (Lipinski definition) is 2. The minimum atomic E-state index is -0.780. The molecule has 0 fully saturated rings. The molecular weight excluding hydrogens is 249 g/mol. The van der Waals surface area contributed by atoms with E-state index in [1.165, 1.54) is 6.07 Å². The number of benzene rings is 1. The van der Waals surface area contributed by atoms with Crippen molar-refractivity contribution >= 4 is 11.8 Å². The molecule has 2 N–H and O–H groups in total. The van der Waals surface area contributed by atoms with Crippen LogP contribution in [0.15, 0.2) is 23.1 Å². The van der Waals surface area contributed by atoms with E-state index in [4.69, 9.17) is 0 Å². The average Bonchev–Trinajstić information content (AvgIpc) is 2.28. The predicted octanol–water partition coefficient (Wildman–Crippen LogP) is 3.11. The van der Waals surface area contributed by atoms with Crippen LogP contribution in [0.25, 0.3) is 0 Å². The summed E-state index contributed by atoms with van der Waals surface area (Å²) in [5.41, 5.74) is 0.236. The van der Waals surface area contributed by atoms with E-state index in [-0.39, 0.29) is 17.9 Å². The lowest BCUT2D eigenvalue weighted by atomic mass is 9.96. The highest BCUT2D eigenvalue weighted by Crippen LogP contribution is 2.37. The van der Waals surface area contributed by atoms with Crippen molar-refractivity contribution in [2.24, 2.45) is 0 Å². The summed E-state index contributed by atoms with van der Waals surface area (Å²) in [6.45, 7) is 5.53. The quantitative estimate of drug-likeness (QED) is 0.884. The molecule has 4 heteroatoms. The van der Waals surface area contributed by atoms with Crippen LogP contribution in [0.5, 0.6) is 0 Å². The summed E-state index contributed by atoms with van der Waals surface area (Å²) < 4.78 is 13.4. The molecule has 2 atom stereocenters. The van der Waals surface area contributed by atoms with Crippen LogP contribution in [0.4, 0.5) is 4.39 Å². The number of hydrogen-bond acceptors (Lipinski definition) is 3. The third kappa shape index (κ3) is 3.05. The lowest BCUT2D eigenvalue weighted by Crippen LogP contribution is -2.46. The first-order valence-corrected chi connectivity index (χ1v) is 7.27. The Kier molecular flexibility index (Phi) is 3.99. The fourth-order valence-electron chi connectivity index (χ4n) is 2.04. The Hall–Kier alpha value is -0.580. The van der Waals surface area contributed by atoms with Crippen molar-refractivity contribution < 1.29 is 9.50 Å². The van der Waals surface area contributed by atoms with Crippen LogP contribution < -0.4 is 5.32 Å². The molecular formula is C14H20FNOS. The molecule has 100 valence electrons. The van der Waals surface area contributed by atoms with E-state index in [0.29, 0.717) is 0 Å². The van der Waals surface area contributed by atoms with E-state index in [0.717, 1.165) is 22.6 Å². The van der Waals surface area contributed by atoms with Crippen molar-refractivity contribution in [1.82, 2.24) is 5.32 Å². The summed E-state index contributed by atoms with van der Waals surface area (Å²) in [4.78, 5) is 1.14. The Morgan fingerprint density at radius 3 is 2.89 bits per heavy atom. The molecule has 0 aromatic heterocycles. The molecule has 0 bridgehead atoms. The molecule has 0 saturated carbocycles. The Bertz CT molecular complexity index is 430. The lowest BCUT2D eigenvalue weighted by Gasteiger charge is -2.34. The van der Waals surface area contributed by atoms with E-state index in [1.54, 1.807) is 31.7 Å². The van der Waals surface area contributed by atoms with Gasteiger partial charge in [-0.2, -0.15) is 0 Å². The summed E-state index contributed by atoms with van der Waals surface area (Å²) in [6.07, 6.45) is 0.960. The maximum atomic E-state index is 13.4. The second-order valence-corrected chi connectivity index (χ2v) is 6.55. The highest BCUT2D eigenvalue weighted by Gasteiger charge is 2.28. The summed E-state index contributed by atoms with van der Waals surface area (Å²) in [5, 5.41) is 13.4. The first kappa shape index (κ1) is 13.8. The molecule has 2 nitrogen and oxygen atoms in total. The van der Waals surface area contributed by atoms with Gasteiger partial charge in [-0.3, -0.25) is 0 Å². The van der Waals surface area contributed by atoms with Gasteiger partial charge in [0.15, 0.2) is 0 Å². The lowest BCUT2D eigenvalue weighted by molar-refractivity contribution is 0.0393. The number of fused-ring (bicyclic) bond motifs is 1.